The minimum atomic E-state index is -0.283. The summed E-state index contributed by atoms with van der Waals surface area (Å²) in [6.45, 7) is 2.19. The number of ether oxygens (including phenoxy) is 1. The summed E-state index contributed by atoms with van der Waals surface area (Å²) in [5.41, 5.74) is 5.77. The Morgan fingerprint density at radius 2 is 1.58 bits per heavy atom. The third kappa shape index (κ3) is 3.38. The maximum absolute atomic E-state index is 13.1. The summed E-state index contributed by atoms with van der Waals surface area (Å²) in [5, 5.41) is 2.44. The van der Waals surface area contributed by atoms with Crippen LogP contribution < -0.4 is 0 Å². The van der Waals surface area contributed by atoms with Crippen LogP contribution in [0.5, 0.6) is 0 Å². The average Bonchev–Trinajstić information content (AvgIpc) is 3.14. The van der Waals surface area contributed by atoms with Crippen LogP contribution in [0.15, 0.2) is 97.2 Å². The molecule has 0 N–H and O–H groups in total. The molecular formula is C28H23NO2. The van der Waals surface area contributed by atoms with Crippen molar-refractivity contribution in [1.29, 1.82) is 0 Å². The van der Waals surface area contributed by atoms with Crippen molar-refractivity contribution < 1.29 is 9.53 Å². The zero-order chi connectivity index (χ0) is 21.2. The van der Waals surface area contributed by atoms with E-state index in [1.165, 1.54) is 16.3 Å². The minimum absolute atomic E-state index is 0.283. The summed E-state index contributed by atoms with van der Waals surface area (Å²) in [5.74, 6) is -0.283. The van der Waals surface area contributed by atoms with Crippen LogP contribution in [0.4, 0.5) is 0 Å². The number of nitrogens with zero attached hydrogens (tertiary/aromatic N) is 1. The van der Waals surface area contributed by atoms with Gasteiger partial charge in [-0.3, -0.25) is 0 Å². The fourth-order valence-corrected chi connectivity index (χ4v) is 4.40. The van der Waals surface area contributed by atoms with Crippen molar-refractivity contribution in [2.75, 3.05) is 6.61 Å². The standard InChI is InChI=1S/C28H23NO2/c1-2-31-28(30)27-24-17-8-9-18-29(24)25(26(27)21-12-4-3-5-13-21)19-22-15-10-14-20-11-6-7-16-23(20)22/h3-18H,2,19H2,1H3. The molecule has 0 saturated carbocycles. The zero-order valence-corrected chi connectivity index (χ0v) is 17.4. The third-order valence-corrected chi connectivity index (χ3v) is 5.73. The first-order valence-electron chi connectivity index (χ1n) is 10.6. The van der Waals surface area contributed by atoms with Crippen LogP contribution in [-0.4, -0.2) is 17.0 Å². The Morgan fingerprint density at radius 3 is 2.42 bits per heavy atom. The number of aromatic nitrogens is 1. The largest absolute Gasteiger partial charge is 0.462 e. The molecule has 0 bridgehead atoms. The zero-order valence-electron chi connectivity index (χ0n) is 17.4. The Balaban J connectivity index is 1.80. The van der Waals surface area contributed by atoms with Crippen LogP contribution in [0.1, 0.15) is 28.5 Å². The first kappa shape index (κ1) is 19.1. The van der Waals surface area contributed by atoms with Gasteiger partial charge in [-0.1, -0.05) is 78.9 Å². The van der Waals surface area contributed by atoms with Crippen molar-refractivity contribution in [3.05, 3.63) is 114 Å². The Hall–Kier alpha value is -3.85. The van der Waals surface area contributed by atoms with Crippen LogP contribution in [0.3, 0.4) is 0 Å². The number of pyridine rings is 1. The van der Waals surface area contributed by atoms with E-state index in [1.807, 2.05) is 49.5 Å². The minimum Gasteiger partial charge on any atom is -0.462 e. The van der Waals surface area contributed by atoms with Crippen molar-refractivity contribution in [3.8, 4) is 11.1 Å². The van der Waals surface area contributed by atoms with Gasteiger partial charge < -0.3 is 9.14 Å². The number of esters is 1. The third-order valence-electron chi connectivity index (χ3n) is 5.73. The number of carbonyl (C=O) groups excluding carboxylic acids is 1. The van der Waals surface area contributed by atoms with E-state index in [0.717, 1.165) is 22.3 Å². The lowest BCUT2D eigenvalue weighted by molar-refractivity contribution is 0.0529. The van der Waals surface area contributed by atoms with Crippen molar-refractivity contribution in [1.82, 2.24) is 4.40 Å². The molecule has 152 valence electrons. The molecule has 0 aliphatic heterocycles. The molecule has 0 saturated heterocycles. The van der Waals surface area contributed by atoms with Gasteiger partial charge in [-0.2, -0.15) is 0 Å². The molecule has 5 rings (SSSR count). The van der Waals surface area contributed by atoms with E-state index in [-0.39, 0.29) is 5.97 Å². The van der Waals surface area contributed by atoms with Gasteiger partial charge in [0, 0.05) is 23.9 Å². The average molecular weight is 405 g/mol. The van der Waals surface area contributed by atoms with E-state index >= 15 is 0 Å². The predicted octanol–water partition coefficient (Wildman–Crippen LogP) is 6.53. The molecule has 0 aliphatic rings. The van der Waals surface area contributed by atoms with Gasteiger partial charge in [0.2, 0.25) is 0 Å². The number of hydrogen-bond acceptors (Lipinski definition) is 2. The number of carbonyl (C=O) groups is 1. The highest BCUT2D eigenvalue weighted by molar-refractivity contribution is 6.06. The molecule has 0 aliphatic carbocycles. The van der Waals surface area contributed by atoms with E-state index < -0.39 is 0 Å². The maximum Gasteiger partial charge on any atom is 0.340 e. The molecule has 2 aromatic heterocycles. The summed E-state index contributed by atoms with van der Waals surface area (Å²) in [4.78, 5) is 13.1. The lowest BCUT2D eigenvalue weighted by Gasteiger charge is -2.11. The van der Waals surface area contributed by atoms with Crippen molar-refractivity contribution >= 4 is 22.3 Å². The van der Waals surface area contributed by atoms with E-state index in [4.69, 9.17) is 4.74 Å². The van der Waals surface area contributed by atoms with Crippen LogP contribution in [0.25, 0.3) is 27.4 Å². The van der Waals surface area contributed by atoms with Gasteiger partial charge in [0.05, 0.1) is 17.7 Å². The van der Waals surface area contributed by atoms with Gasteiger partial charge in [-0.15, -0.1) is 0 Å². The highest BCUT2D eigenvalue weighted by Crippen LogP contribution is 2.36. The molecule has 0 radical (unpaired) electrons. The summed E-state index contributed by atoms with van der Waals surface area (Å²) in [6, 6.07) is 30.9. The Bertz CT molecular complexity index is 1380. The normalized spacial score (nSPS) is 11.1. The fourth-order valence-electron chi connectivity index (χ4n) is 4.40. The van der Waals surface area contributed by atoms with E-state index in [9.17, 15) is 4.79 Å². The topological polar surface area (TPSA) is 30.7 Å². The second-order valence-electron chi connectivity index (χ2n) is 7.55. The summed E-state index contributed by atoms with van der Waals surface area (Å²) in [6.07, 6.45) is 2.74. The van der Waals surface area contributed by atoms with Crippen LogP contribution in [0, 0.1) is 0 Å². The lowest BCUT2D eigenvalue weighted by atomic mass is 9.95. The van der Waals surface area contributed by atoms with Crippen LogP contribution in [-0.2, 0) is 11.2 Å². The lowest BCUT2D eigenvalue weighted by Crippen LogP contribution is -2.06. The molecule has 3 aromatic carbocycles. The molecule has 0 spiro atoms. The molecule has 0 atom stereocenters. The van der Waals surface area contributed by atoms with Crippen molar-refractivity contribution in [3.63, 3.8) is 0 Å². The van der Waals surface area contributed by atoms with Crippen LogP contribution >= 0.6 is 0 Å². The van der Waals surface area contributed by atoms with Gasteiger partial charge in [-0.25, -0.2) is 4.79 Å². The molecule has 3 heteroatoms. The number of fused-ring (bicyclic) bond motifs is 2. The Kier molecular flexibility index (Phi) is 5.01. The summed E-state index contributed by atoms with van der Waals surface area (Å²) >= 11 is 0. The smallest absolute Gasteiger partial charge is 0.340 e. The van der Waals surface area contributed by atoms with Crippen molar-refractivity contribution in [2.24, 2.45) is 0 Å². The Labute approximate surface area is 181 Å². The Morgan fingerprint density at radius 1 is 0.839 bits per heavy atom. The number of rotatable bonds is 5. The molecule has 5 aromatic rings. The second-order valence-corrected chi connectivity index (χ2v) is 7.55. The first-order chi connectivity index (χ1) is 15.3. The quantitative estimate of drug-likeness (QED) is 0.311. The van der Waals surface area contributed by atoms with E-state index in [1.54, 1.807) is 0 Å². The van der Waals surface area contributed by atoms with E-state index in [2.05, 4.69) is 59.0 Å². The fraction of sp³-hybridized carbons (Fsp3) is 0.107. The molecule has 0 amide bonds. The molecule has 2 heterocycles. The SMILES string of the molecule is CCOC(=O)c1c(-c2ccccc2)c(Cc2cccc3ccccc23)n2ccccc12. The van der Waals surface area contributed by atoms with Crippen molar-refractivity contribution in [2.45, 2.75) is 13.3 Å². The van der Waals surface area contributed by atoms with Gasteiger partial charge in [0.25, 0.3) is 0 Å². The molecule has 3 nitrogen and oxygen atoms in total. The van der Waals surface area contributed by atoms with Crippen LogP contribution in [0.2, 0.25) is 0 Å². The number of hydrogen-bond donors (Lipinski definition) is 0. The van der Waals surface area contributed by atoms with E-state index in [0.29, 0.717) is 18.6 Å². The second kappa shape index (κ2) is 8.11. The summed E-state index contributed by atoms with van der Waals surface area (Å²) in [7, 11) is 0. The number of benzene rings is 3. The van der Waals surface area contributed by atoms with Gasteiger partial charge >= 0.3 is 5.97 Å². The van der Waals surface area contributed by atoms with Gasteiger partial charge in [0.15, 0.2) is 0 Å². The maximum atomic E-state index is 13.1. The highest BCUT2D eigenvalue weighted by Gasteiger charge is 2.25. The molecule has 0 fully saturated rings. The predicted molar refractivity (Wildman–Crippen MR) is 126 cm³/mol. The molecule has 0 unspecified atom stereocenters. The summed E-state index contributed by atoms with van der Waals surface area (Å²) < 4.78 is 7.61. The highest BCUT2D eigenvalue weighted by atomic mass is 16.5. The monoisotopic (exact) mass is 405 g/mol. The van der Waals surface area contributed by atoms with Gasteiger partial charge in [-0.05, 0) is 41.0 Å². The molecule has 31 heavy (non-hydrogen) atoms. The first-order valence-corrected chi connectivity index (χ1v) is 10.6. The van der Waals surface area contributed by atoms with Gasteiger partial charge in [0.1, 0.15) is 0 Å². The molecular weight excluding hydrogens is 382 g/mol.